The second-order valence-corrected chi connectivity index (χ2v) is 6.05. The van der Waals surface area contributed by atoms with Gasteiger partial charge in [-0.05, 0) is 46.6 Å². The summed E-state index contributed by atoms with van der Waals surface area (Å²) in [6.07, 6.45) is 3.70. The molecule has 0 aliphatic heterocycles. The molecule has 6 heteroatoms. The average molecular weight is 400 g/mol. The zero-order valence-electron chi connectivity index (χ0n) is 13.7. The van der Waals surface area contributed by atoms with Gasteiger partial charge in [0.05, 0.1) is 17.8 Å². The lowest BCUT2D eigenvalue weighted by Gasteiger charge is -2.06. The van der Waals surface area contributed by atoms with Crippen molar-refractivity contribution in [2.24, 2.45) is 5.10 Å². The number of hydrogen-bond donors (Lipinski definition) is 2. The molecule has 0 unspecified atom stereocenters. The molecule has 0 fully saturated rings. The van der Waals surface area contributed by atoms with E-state index in [0.29, 0.717) is 15.7 Å². The van der Waals surface area contributed by atoms with Crippen LogP contribution in [0.1, 0.15) is 22.8 Å². The average Bonchev–Trinajstić information content (AvgIpc) is 2.64. The van der Waals surface area contributed by atoms with Gasteiger partial charge in [-0.3, -0.25) is 9.59 Å². The van der Waals surface area contributed by atoms with Crippen molar-refractivity contribution >= 4 is 39.5 Å². The zero-order valence-corrected chi connectivity index (χ0v) is 15.3. The summed E-state index contributed by atoms with van der Waals surface area (Å²) in [7, 11) is 0. The molecule has 2 aromatic rings. The highest BCUT2D eigenvalue weighted by atomic mass is 79.9. The zero-order chi connectivity index (χ0) is 18.1. The Kier molecular flexibility index (Phi) is 7.10. The van der Waals surface area contributed by atoms with Gasteiger partial charge in [-0.2, -0.15) is 5.10 Å². The fourth-order valence-electron chi connectivity index (χ4n) is 1.91. The van der Waals surface area contributed by atoms with E-state index in [1.54, 1.807) is 31.2 Å². The molecule has 0 heterocycles. The Labute approximate surface area is 155 Å². The minimum atomic E-state index is -0.395. The van der Waals surface area contributed by atoms with Crippen LogP contribution in [0.5, 0.6) is 0 Å². The Balaban J connectivity index is 1.81. The van der Waals surface area contributed by atoms with Gasteiger partial charge < -0.3 is 5.32 Å². The number of nitrogens with one attached hydrogen (secondary N) is 2. The van der Waals surface area contributed by atoms with Crippen LogP contribution in [0.4, 0.5) is 0 Å². The van der Waals surface area contributed by atoms with Gasteiger partial charge in [0.25, 0.3) is 11.8 Å². The van der Waals surface area contributed by atoms with Crippen molar-refractivity contribution in [2.75, 3.05) is 6.54 Å². The van der Waals surface area contributed by atoms with Crippen molar-refractivity contribution in [2.45, 2.75) is 6.92 Å². The minimum absolute atomic E-state index is 0.153. The maximum atomic E-state index is 12.0. The van der Waals surface area contributed by atoms with Gasteiger partial charge in [0.2, 0.25) is 0 Å². The van der Waals surface area contributed by atoms with Crippen LogP contribution >= 0.6 is 15.9 Å². The number of allylic oxidation sites excluding steroid dienone is 1. The van der Waals surface area contributed by atoms with Crippen molar-refractivity contribution in [3.63, 3.8) is 0 Å². The number of rotatable bonds is 6. The largest absolute Gasteiger partial charge is 0.343 e. The number of amides is 2. The molecule has 0 atom stereocenters. The molecule has 5 nitrogen and oxygen atoms in total. The molecule has 0 saturated carbocycles. The number of carbonyl (C=O) groups is 2. The van der Waals surface area contributed by atoms with Crippen LogP contribution in [0.2, 0.25) is 0 Å². The minimum Gasteiger partial charge on any atom is -0.343 e. The molecule has 2 aromatic carbocycles. The van der Waals surface area contributed by atoms with E-state index in [9.17, 15) is 9.59 Å². The van der Waals surface area contributed by atoms with E-state index in [1.807, 2.05) is 42.5 Å². The quantitative estimate of drug-likeness (QED) is 0.577. The molecule has 0 radical (unpaired) electrons. The number of hydrogen-bond acceptors (Lipinski definition) is 3. The van der Waals surface area contributed by atoms with E-state index >= 15 is 0 Å². The summed E-state index contributed by atoms with van der Waals surface area (Å²) in [6.45, 7) is 1.62. The lowest BCUT2D eigenvalue weighted by Crippen LogP contribution is -2.35. The number of halogens is 1. The highest BCUT2D eigenvalue weighted by Crippen LogP contribution is 2.15. The Bertz CT molecular complexity index is 801. The van der Waals surface area contributed by atoms with Crippen LogP contribution in [0, 0.1) is 0 Å². The third-order valence-electron chi connectivity index (χ3n) is 3.20. The van der Waals surface area contributed by atoms with Crippen LogP contribution in [0.3, 0.4) is 0 Å². The summed E-state index contributed by atoms with van der Waals surface area (Å²) in [6, 6.07) is 16.8. The van der Waals surface area contributed by atoms with E-state index in [4.69, 9.17) is 0 Å². The molecule has 25 heavy (non-hydrogen) atoms. The molecular formula is C19H18BrN3O2. The summed E-state index contributed by atoms with van der Waals surface area (Å²) in [4.78, 5) is 23.8. The molecule has 2 amide bonds. The van der Waals surface area contributed by atoms with Gasteiger partial charge in [0.15, 0.2) is 0 Å². The van der Waals surface area contributed by atoms with Crippen LogP contribution < -0.4 is 10.7 Å². The fourth-order valence-corrected chi connectivity index (χ4v) is 2.37. The summed E-state index contributed by atoms with van der Waals surface area (Å²) in [5, 5.41) is 6.53. The van der Waals surface area contributed by atoms with E-state index in [0.717, 1.165) is 5.56 Å². The van der Waals surface area contributed by atoms with Crippen LogP contribution in [-0.2, 0) is 4.79 Å². The first-order valence-electron chi connectivity index (χ1n) is 7.65. The van der Waals surface area contributed by atoms with E-state index in [2.05, 4.69) is 31.8 Å². The smallest absolute Gasteiger partial charge is 0.259 e. The first kappa shape index (κ1) is 18.6. The lowest BCUT2D eigenvalue weighted by molar-refractivity contribution is -0.120. The second kappa shape index (κ2) is 9.54. The number of benzene rings is 2. The summed E-state index contributed by atoms with van der Waals surface area (Å²) in [5.74, 6) is -0.722. The van der Waals surface area contributed by atoms with Crippen molar-refractivity contribution in [3.8, 4) is 0 Å². The molecule has 0 aromatic heterocycles. The topological polar surface area (TPSA) is 70.6 Å². The van der Waals surface area contributed by atoms with Gasteiger partial charge in [0.1, 0.15) is 0 Å². The SMILES string of the molecule is CC(/C=C/c1ccccc1)=N\NC(=O)CNC(=O)c1ccccc1Br. The van der Waals surface area contributed by atoms with Crippen molar-refractivity contribution in [1.29, 1.82) is 0 Å². The Morgan fingerprint density at radius 1 is 1.08 bits per heavy atom. The summed E-state index contributed by atoms with van der Waals surface area (Å²) < 4.78 is 0.674. The molecule has 0 aliphatic rings. The molecule has 2 rings (SSSR count). The maximum Gasteiger partial charge on any atom is 0.259 e. The van der Waals surface area contributed by atoms with Gasteiger partial charge in [-0.15, -0.1) is 0 Å². The molecular weight excluding hydrogens is 382 g/mol. The molecule has 0 aliphatic carbocycles. The van der Waals surface area contributed by atoms with Gasteiger partial charge in [-0.25, -0.2) is 5.43 Å². The Hall–Kier alpha value is -2.73. The van der Waals surface area contributed by atoms with Gasteiger partial charge in [-0.1, -0.05) is 48.5 Å². The molecule has 0 bridgehead atoms. The number of hydrazone groups is 1. The van der Waals surface area contributed by atoms with Crippen LogP contribution in [0.25, 0.3) is 6.08 Å². The fraction of sp³-hybridized carbons (Fsp3) is 0.105. The highest BCUT2D eigenvalue weighted by Gasteiger charge is 2.10. The van der Waals surface area contributed by atoms with Crippen molar-refractivity contribution in [1.82, 2.24) is 10.7 Å². The van der Waals surface area contributed by atoms with Crippen LogP contribution in [-0.4, -0.2) is 24.1 Å². The molecule has 0 spiro atoms. The molecule has 0 saturated heterocycles. The van der Waals surface area contributed by atoms with E-state index in [-0.39, 0.29) is 12.5 Å². The monoisotopic (exact) mass is 399 g/mol. The highest BCUT2D eigenvalue weighted by molar-refractivity contribution is 9.10. The normalized spacial score (nSPS) is 11.4. The van der Waals surface area contributed by atoms with Gasteiger partial charge in [0, 0.05) is 4.47 Å². The third-order valence-corrected chi connectivity index (χ3v) is 3.89. The number of nitrogens with zero attached hydrogens (tertiary/aromatic N) is 1. The van der Waals surface area contributed by atoms with Gasteiger partial charge >= 0.3 is 0 Å². The summed E-state index contributed by atoms with van der Waals surface area (Å²) in [5.41, 5.74) is 4.58. The first-order valence-corrected chi connectivity index (χ1v) is 8.44. The van der Waals surface area contributed by atoms with Crippen LogP contribution in [0.15, 0.2) is 70.2 Å². The molecule has 2 N–H and O–H groups in total. The predicted molar refractivity (Wildman–Crippen MR) is 103 cm³/mol. The third kappa shape index (κ3) is 6.35. The Morgan fingerprint density at radius 3 is 2.48 bits per heavy atom. The number of carbonyl (C=O) groups excluding carboxylic acids is 2. The summed E-state index contributed by atoms with van der Waals surface area (Å²) >= 11 is 3.30. The first-order chi connectivity index (χ1) is 12.1. The van der Waals surface area contributed by atoms with Crippen molar-refractivity contribution < 1.29 is 9.59 Å². The molecule has 128 valence electrons. The Morgan fingerprint density at radius 2 is 1.76 bits per heavy atom. The van der Waals surface area contributed by atoms with E-state index < -0.39 is 5.91 Å². The lowest BCUT2D eigenvalue weighted by atomic mass is 10.2. The van der Waals surface area contributed by atoms with E-state index in [1.165, 1.54) is 0 Å². The predicted octanol–water partition coefficient (Wildman–Crippen LogP) is 3.38. The maximum absolute atomic E-state index is 12.0. The standard InChI is InChI=1S/C19H18BrN3O2/c1-14(11-12-15-7-3-2-4-8-15)22-23-18(24)13-21-19(25)16-9-5-6-10-17(16)20/h2-12H,13H2,1H3,(H,21,25)(H,23,24)/b12-11+,22-14+. The second-order valence-electron chi connectivity index (χ2n) is 5.19. The van der Waals surface area contributed by atoms with Crippen molar-refractivity contribution in [3.05, 3.63) is 76.3 Å².